The summed E-state index contributed by atoms with van der Waals surface area (Å²) < 4.78 is 0.966. The molecule has 0 aromatic carbocycles. The molecule has 88 valence electrons. The number of nitrogens with one attached hydrogen (secondary N) is 1. The first-order chi connectivity index (χ1) is 7.75. The van der Waals surface area contributed by atoms with E-state index in [0.29, 0.717) is 11.2 Å². The third-order valence-electron chi connectivity index (χ3n) is 3.02. The number of nitrogens with zero attached hydrogens (tertiary/aromatic N) is 1. The number of hydrogen-bond acceptors (Lipinski definition) is 2. The standard InChI is InChI=1S/C12H16BrClN2/c13-9-7-11(12(14)15-8-9)16-10-5-3-1-2-4-6-10/h7-8,10,16H,1-6H2. The van der Waals surface area contributed by atoms with Crippen LogP contribution in [0.4, 0.5) is 5.69 Å². The van der Waals surface area contributed by atoms with Gasteiger partial charge < -0.3 is 5.32 Å². The van der Waals surface area contributed by atoms with E-state index in [1.165, 1.54) is 38.5 Å². The lowest BCUT2D eigenvalue weighted by atomic mass is 10.1. The van der Waals surface area contributed by atoms with Crippen molar-refractivity contribution in [1.29, 1.82) is 0 Å². The van der Waals surface area contributed by atoms with Crippen molar-refractivity contribution >= 4 is 33.2 Å². The molecule has 1 saturated carbocycles. The second kappa shape index (κ2) is 5.87. The number of halogens is 2. The molecule has 0 radical (unpaired) electrons. The molecule has 0 atom stereocenters. The molecule has 2 nitrogen and oxygen atoms in total. The van der Waals surface area contributed by atoms with Crippen molar-refractivity contribution < 1.29 is 0 Å². The summed E-state index contributed by atoms with van der Waals surface area (Å²) in [6, 6.07) is 2.55. The Kier molecular flexibility index (Phi) is 4.47. The Morgan fingerprint density at radius 3 is 2.62 bits per heavy atom. The Balaban J connectivity index is 2.04. The van der Waals surface area contributed by atoms with Gasteiger partial charge in [0.1, 0.15) is 0 Å². The topological polar surface area (TPSA) is 24.9 Å². The Hall–Kier alpha value is -0.280. The molecule has 1 aromatic heterocycles. The first-order valence-electron chi connectivity index (χ1n) is 5.83. The predicted octanol–water partition coefficient (Wildman–Crippen LogP) is 4.63. The van der Waals surface area contributed by atoms with Crippen LogP contribution in [0.3, 0.4) is 0 Å². The van der Waals surface area contributed by atoms with E-state index in [4.69, 9.17) is 11.6 Å². The van der Waals surface area contributed by atoms with Gasteiger partial charge >= 0.3 is 0 Å². The van der Waals surface area contributed by atoms with Crippen LogP contribution in [0.25, 0.3) is 0 Å². The Morgan fingerprint density at radius 1 is 1.25 bits per heavy atom. The van der Waals surface area contributed by atoms with Gasteiger partial charge in [-0.2, -0.15) is 0 Å². The van der Waals surface area contributed by atoms with Crippen LogP contribution in [-0.4, -0.2) is 11.0 Å². The molecule has 1 N–H and O–H groups in total. The van der Waals surface area contributed by atoms with Crippen molar-refractivity contribution in [2.75, 3.05) is 5.32 Å². The summed E-state index contributed by atoms with van der Waals surface area (Å²) in [7, 11) is 0. The van der Waals surface area contributed by atoms with Crippen molar-refractivity contribution in [3.63, 3.8) is 0 Å². The summed E-state index contributed by atoms with van der Waals surface area (Å²) in [6.07, 6.45) is 9.56. The number of hydrogen-bond donors (Lipinski definition) is 1. The van der Waals surface area contributed by atoms with Gasteiger partial charge in [0.05, 0.1) is 5.69 Å². The highest BCUT2D eigenvalue weighted by Crippen LogP contribution is 2.27. The molecule has 1 aliphatic rings. The van der Waals surface area contributed by atoms with Gasteiger partial charge in [-0.3, -0.25) is 0 Å². The zero-order chi connectivity index (χ0) is 11.4. The minimum atomic E-state index is 0.552. The fraction of sp³-hybridized carbons (Fsp3) is 0.583. The second-order valence-corrected chi connectivity index (χ2v) is 5.60. The van der Waals surface area contributed by atoms with E-state index in [0.717, 1.165) is 10.2 Å². The molecule has 0 spiro atoms. The molecule has 1 aliphatic carbocycles. The number of rotatable bonds is 2. The van der Waals surface area contributed by atoms with Gasteiger partial charge in [0.2, 0.25) is 0 Å². The van der Waals surface area contributed by atoms with E-state index in [2.05, 4.69) is 26.2 Å². The average Bonchev–Trinajstić information content (AvgIpc) is 2.52. The first kappa shape index (κ1) is 12.2. The average molecular weight is 304 g/mol. The molecule has 4 heteroatoms. The Morgan fingerprint density at radius 2 is 1.94 bits per heavy atom. The zero-order valence-corrected chi connectivity index (χ0v) is 11.5. The maximum atomic E-state index is 6.06. The van der Waals surface area contributed by atoms with Crippen LogP contribution >= 0.6 is 27.5 Å². The van der Waals surface area contributed by atoms with E-state index < -0.39 is 0 Å². The molecule has 1 aromatic rings. The van der Waals surface area contributed by atoms with Gasteiger partial charge in [0, 0.05) is 16.7 Å². The third-order valence-corrected chi connectivity index (χ3v) is 3.76. The number of anilines is 1. The van der Waals surface area contributed by atoms with Gasteiger partial charge in [-0.25, -0.2) is 4.98 Å². The molecule has 1 fully saturated rings. The van der Waals surface area contributed by atoms with Gasteiger partial charge in [-0.1, -0.05) is 37.3 Å². The minimum Gasteiger partial charge on any atom is -0.380 e. The van der Waals surface area contributed by atoms with Crippen LogP contribution in [0.1, 0.15) is 38.5 Å². The third kappa shape index (κ3) is 3.36. The van der Waals surface area contributed by atoms with Crippen molar-refractivity contribution in [1.82, 2.24) is 4.98 Å². The summed E-state index contributed by atoms with van der Waals surface area (Å²) in [5.74, 6) is 0. The molecule has 0 saturated heterocycles. The zero-order valence-electron chi connectivity index (χ0n) is 9.18. The van der Waals surface area contributed by atoms with Crippen LogP contribution in [-0.2, 0) is 0 Å². The van der Waals surface area contributed by atoms with Gasteiger partial charge in [0.25, 0.3) is 0 Å². The van der Waals surface area contributed by atoms with Crippen molar-refractivity contribution in [3.05, 3.63) is 21.9 Å². The fourth-order valence-electron chi connectivity index (χ4n) is 2.17. The smallest absolute Gasteiger partial charge is 0.152 e. The lowest BCUT2D eigenvalue weighted by Crippen LogP contribution is -2.18. The maximum absolute atomic E-state index is 6.06. The van der Waals surface area contributed by atoms with Crippen LogP contribution in [0, 0.1) is 0 Å². The van der Waals surface area contributed by atoms with Gasteiger partial charge in [-0.15, -0.1) is 0 Å². The molecule has 0 aliphatic heterocycles. The van der Waals surface area contributed by atoms with Gasteiger partial charge in [-0.05, 0) is 34.8 Å². The van der Waals surface area contributed by atoms with Crippen molar-refractivity contribution in [3.8, 4) is 0 Å². The largest absolute Gasteiger partial charge is 0.380 e. The summed E-state index contributed by atoms with van der Waals surface area (Å²) in [6.45, 7) is 0. The molecule has 16 heavy (non-hydrogen) atoms. The van der Waals surface area contributed by atoms with Crippen molar-refractivity contribution in [2.24, 2.45) is 0 Å². The van der Waals surface area contributed by atoms with Crippen LogP contribution in [0.5, 0.6) is 0 Å². The Bertz CT molecular complexity index is 349. The van der Waals surface area contributed by atoms with Crippen LogP contribution < -0.4 is 5.32 Å². The molecule has 2 rings (SSSR count). The highest BCUT2D eigenvalue weighted by Gasteiger charge is 2.13. The van der Waals surface area contributed by atoms with Gasteiger partial charge in [0.15, 0.2) is 5.15 Å². The van der Waals surface area contributed by atoms with E-state index in [1.54, 1.807) is 6.20 Å². The van der Waals surface area contributed by atoms with E-state index >= 15 is 0 Å². The predicted molar refractivity (Wildman–Crippen MR) is 72.1 cm³/mol. The van der Waals surface area contributed by atoms with Crippen LogP contribution in [0.15, 0.2) is 16.7 Å². The Labute approximate surface area is 110 Å². The SMILES string of the molecule is Clc1ncc(Br)cc1NC1CCCCCC1. The quantitative estimate of drug-likeness (QED) is 0.636. The minimum absolute atomic E-state index is 0.552. The highest BCUT2D eigenvalue weighted by atomic mass is 79.9. The fourth-order valence-corrected chi connectivity index (χ4v) is 2.66. The molecule has 0 unspecified atom stereocenters. The second-order valence-electron chi connectivity index (χ2n) is 4.32. The highest BCUT2D eigenvalue weighted by molar-refractivity contribution is 9.10. The number of pyridine rings is 1. The molecule has 1 heterocycles. The normalized spacial score (nSPS) is 18.1. The lowest BCUT2D eigenvalue weighted by Gasteiger charge is -2.18. The van der Waals surface area contributed by atoms with E-state index in [1.807, 2.05) is 6.07 Å². The molecule has 0 amide bonds. The number of aromatic nitrogens is 1. The van der Waals surface area contributed by atoms with Crippen molar-refractivity contribution in [2.45, 2.75) is 44.6 Å². The van der Waals surface area contributed by atoms with E-state index in [9.17, 15) is 0 Å². The molecular weight excluding hydrogens is 288 g/mol. The monoisotopic (exact) mass is 302 g/mol. The maximum Gasteiger partial charge on any atom is 0.152 e. The first-order valence-corrected chi connectivity index (χ1v) is 7.00. The van der Waals surface area contributed by atoms with E-state index in [-0.39, 0.29) is 0 Å². The van der Waals surface area contributed by atoms with Crippen LogP contribution in [0.2, 0.25) is 5.15 Å². The summed E-state index contributed by atoms with van der Waals surface area (Å²) >= 11 is 9.48. The lowest BCUT2D eigenvalue weighted by molar-refractivity contribution is 0.620. The molecular formula is C12H16BrClN2. The summed E-state index contributed by atoms with van der Waals surface area (Å²) in [4.78, 5) is 4.12. The summed E-state index contributed by atoms with van der Waals surface area (Å²) in [5.41, 5.74) is 0.947. The summed E-state index contributed by atoms with van der Waals surface area (Å²) in [5, 5.41) is 4.07. The molecule has 0 bridgehead atoms.